The highest BCUT2D eigenvalue weighted by Crippen LogP contribution is 2.53. The van der Waals surface area contributed by atoms with Gasteiger partial charge in [0.15, 0.2) is 11.5 Å². The Labute approximate surface area is 316 Å². The Hall–Kier alpha value is -4.23. The lowest BCUT2D eigenvalue weighted by atomic mass is 9.81. The van der Waals surface area contributed by atoms with Gasteiger partial charge in [0.2, 0.25) is 0 Å². The number of carbonyl (C=O) groups excluding carboxylic acids is 2. The molecular formula is C40H53N5O7S. The Bertz CT molecular complexity index is 1890. The highest BCUT2D eigenvalue weighted by Gasteiger charge is 2.48. The molecule has 3 aliphatic rings. The number of H-pyrrole nitrogens is 1. The van der Waals surface area contributed by atoms with Crippen LogP contribution in [0.3, 0.4) is 0 Å². The summed E-state index contributed by atoms with van der Waals surface area (Å²) >= 11 is 1.47. The van der Waals surface area contributed by atoms with E-state index in [1.54, 1.807) is 0 Å². The van der Waals surface area contributed by atoms with Crippen molar-refractivity contribution in [2.45, 2.75) is 122 Å². The van der Waals surface area contributed by atoms with Gasteiger partial charge in [-0.25, -0.2) is 9.78 Å². The van der Waals surface area contributed by atoms with Gasteiger partial charge in [0, 0.05) is 83.1 Å². The van der Waals surface area contributed by atoms with E-state index >= 15 is 0 Å². The number of aromatic amines is 1. The topological polar surface area (TPSA) is 144 Å². The predicted molar refractivity (Wildman–Crippen MR) is 206 cm³/mol. The van der Waals surface area contributed by atoms with Crippen LogP contribution >= 0.6 is 11.8 Å². The number of hydrogen-bond acceptors (Lipinski definition) is 10. The van der Waals surface area contributed by atoms with Gasteiger partial charge in [-0.05, 0) is 105 Å². The van der Waals surface area contributed by atoms with Gasteiger partial charge in [-0.3, -0.25) is 9.59 Å². The van der Waals surface area contributed by atoms with Gasteiger partial charge < -0.3 is 39.5 Å². The maximum atomic E-state index is 14.0. The number of thioether (sulfide) groups is 1. The summed E-state index contributed by atoms with van der Waals surface area (Å²) in [4.78, 5) is 50.0. The molecule has 2 amide bonds. The van der Waals surface area contributed by atoms with Crippen molar-refractivity contribution in [1.82, 2.24) is 20.6 Å². The number of nitrogens with zero attached hydrogens (tertiary/aromatic N) is 2. The zero-order valence-electron chi connectivity index (χ0n) is 32.3. The number of fused-ring (bicyclic) bond motifs is 1. The number of hydrogen-bond donors (Lipinski definition) is 3. The van der Waals surface area contributed by atoms with E-state index in [0.29, 0.717) is 33.8 Å². The third-order valence-electron chi connectivity index (χ3n) is 10.2. The maximum Gasteiger partial charge on any atom is 0.407 e. The lowest BCUT2D eigenvalue weighted by Gasteiger charge is -2.37. The normalized spacial score (nSPS) is 24.1. The summed E-state index contributed by atoms with van der Waals surface area (Å²) in [5.74, 6) is 0.638. The molecule has 1 unspecified atom stereocenters. The van der Waals surface area contributed by atoms with Gasteiger partial charge in [-0.15, -0.1) is 11.8 Å². The molecule has 12 nitrogen and oxygen atoms in total. The molecule has 0 bridgehead atoms. The second-order valence-corrected chi connectivity index (χ2v) is 16.6. The van der Waals surface area contributed by atoms with Gasteiger partial charge >= 0.3 is 6.09 Å². The number of ether oxygens (including phenoxy) is 4. The second kappa shape index (κ2) is 15.3. The third kappa shape index (κ3) is 8.62. The van der Waals surface area contributed by atoms with E-state index in [9.17, 15) is 14.4 Å². The Morgan fingerprint density at radius 3 is 2.36 bits per heavy atom. The van der Waals surface area contributed by atoms with E-state index in [1.165, 1.54) is 11.8 Å². The smallest absolute Gasteiger partial charge is 0.407 e. The summed E-state index contributed by atoms with van der Waals surface area (Å²) in [5.41, 5.74) is 3.03. The molecule has 6 rings (SSSR count). The molecule has 0 radical (unpaired) electrons. The Kier molecular flexibility index (Phi) is 11.1. The highest BCUT2D eigenvalue weighted by atomic mass is 32.2. The molecule has 1 saturated carbocycles. The molecule has 1 aliphatic carbocycles. The number of morpholine rings is 1. The minimum Gasteiger partial charge on any atom is -0.448 e. The average Bonchev–Trinajstić information content (AvgIpc) is 3.45. The number of aromatic nitrogens is 2. The molecule has 53 heavy (non-hydrogen) atoms. The number of nitrogens with one attached hydrogen (secondary N) is 3. The fourth-order valence-corrected chi connectivity index (χ4v) is 8.34. The van der Waals surface area contributed by atoms with Crippen molar-refractivity contribution in [2.75, 3.05) is 24.2 Å². The number of carbonyl (C=O) groups is 2. The zero-order chi connectivity index (χ0) is 38.2. The van der Waals surface area contributed by atoms with E-state index in [0.717, 1.165) is 60.7 Å². The number of amides is 2. The van der Waals surface area contributed by atoms with E-state index in [-0.39, 0.29) is 42.2 Å². The lowest BCUT2D eigenvalue weighted by molar-refractivity contribution is -0.121. The summed E-state index contributed by atoms with van der Waals surface area (Å²) in [6.07, 6.45) is 6.54. The van der Waals surface area contributed by atoms with Crippen LogP contribution < -0.4 is 30.6 Å². The van der Waals surface area contributed by atoms with Crippen molar-refractivity contribution in [2.24, 2.45) is 5.92 Å². The summed E-state index contributed by atoms with van der Waals surface area (Å²) in [5, 5.41) is 6.01. The summed E-state index contributed by atoms with van der Waals surface area (Å²) in [6.45, 7) is 16.9. The number of rotatable bonds is 8. The van der Waals surface area contributed by atoms with E-state index in [1.807, 2.05) is 78.3 Å². The van der Waals surface area contributed by atoms with Crippen LogP contribution in [0.25, 0.3) is 11.1 Å². The monoisotopic (exact) mass is 747 g/mol. The van der Waals surface area contributed by atoms with Gasteiger partial charge in [0.05, 0.1) is 12.2 Å². The Morgan fingerprint density at radius 1 is 1.06 bits per heavy atom. The fraction of sp³-hybridized carbons (Fsp3) is 0.550. The largest absolute Gasteiger partial charge is 0.448 e. The van der Waals surface area contributed by atoms with E-state index in [4.69, 9.17) is 23.9 Å². The predicted octanol–water partition coefficient (Wildman–Crippen LogP) is 6.89. The van der Waals surface area contributed by atoms with E-state index < -0.39 is 17.5 Å². The van der Waals surface area contributed by atoms with Crippen LogP contribution in [0.5, 0.6) is 11.5 Å². The van der Waals surface area contributed by atoms with Crippen LogP contribution in [0.15, 0.2) is 40.2 Å². The first-order valence-corrected chi connectivity index (χ1v) is 19.7. The first-order chi connectivity index (χ1) is 25.0. The van der Waals surface area contributed by atoms with Gasteiger partial charge in [0.25, 0.3) is 17.3 Å². The molecule has 2 aliphatic heterocycles. The number of anilines is 1. The molecule has 4 heterocycles. The van der Waals surface area contributed by atoms with Crippen LogP contribution in [0.2, 0.25) is 0 Å². The van der Waals surface area contributed by atoms with Gasteiger partial charge in [0.1, 0.15) is 11.4 Å². The van der Waals surface area contributed by atoms with Crippen LogP contribution in [0.4, 0.5) is 10.6 Å². The van der Waals surface area contributed by atoms with Crippen molar-refractivity contribution < 1.29 is 28.5 Å². The van der Waals surface area contributed by atoms with Crippen molar-refractivity contribution in [1.29, 1.82) is 0 Å². The number of aryl methyl sites for hydroxylation is 1. The summed E-state index contributed by atoms with van der Waals surface area (Å²) < 4.78 is 25.0. The number of pyridine rings is 2. The first-order valence-electron chi connectivity index (χ1n) is 18.5. The highest BCUT2D eigenvalue weighted by molar-refractivity contribution is 7.98. The summed E-state index contributed by atoms with van der Waals surface area (Å²) in [7, 11) is 0. The fourth-order valence-electron chi connectivity index (χ4n) is 7.63. The zero-order valence-corrected chi connectivity index (χ0v) is 33.1. The van der Waals surface area contributed by atoms with Gasteiger partial charge in [-0.1, -0.05) is 0 Å². The third-order valence-corrected chi connectivity index (χ3v) is 11.0. The molecule has 3 atom stereocenters. The quantitative estimate of drug-likeness (QED) is 0.209. The first kappa shape index (κ1) is 38.5. The van der Waals surface area contributed by atoms with Crippen LogP contribution in [0.1, 0.15) is 94.4 Å². The Balaban J connectivity index is 1.28. The number of benzene rings is 1. The maximum absolute atomic E-state index is 14.0. The minimum absolute atomic E-state index is 0.00417. The summed E-state index contributed by atoms with van der Waals surface area (Å²) in [6, 6.07) is 7.74. The molecule has 286 valence electrons. The molecule has 2 fully saturated rings. The SMILES string of the molecule is CSc1cc(C)[nH]c(=O)c1CNC(=O)c1cc(-c2ccc(N3C[C@@H](C)O[C@@H](C)C3)nc2)c2c(c1C)OC(C)([C@H]1CC[C@H](NC(=O)OC(C)(C)C)CC1)O2. The molecule has 1 saturated heterocycles. The Morgan fingerprint density at radius 2 is 1.74 bits per heavy atom. The molecule has 2 aromatic heterocycles. The second-order valence-electron chi connectivity index (χ2n) is 15.7. The molecule has 3 aromatic rings. The number of alkyl carbamates (subject to hydrolysis) is 1. The molecular weight excluding hydrogens is 695 g/mol. The van der Waals surface area contributed by atoms with Crippen LogP contribution in [-0.4, -0.2) is 71.0 Å². The van der Waals surface area contributed by atoms with Gasteiger partial charge in [-0.2, -0.15) is 0 Å². The van der Waals surface area contributed by atoms with Crippen LogP contribution in [-0.2, 0) is 16.0 Å². The van der Waals surface area contributed by atoms with Crippen LogP contribution in [0, 0.1) is 19.8 Å². The molecule has 0 spiro atoms. The standard InChI is InChI=1S/C40H53N5O7S/c1-22-16-32(53-9)31(37(47)43-22)19-42-36(46)29-17-30(26-10-15-33(41-18-26)45-20-23(2)49-24(3)21-45)35-34(25(29)4)50-40(8,51-35)27-11-13-28(14-12-27)44-38(48)52-39(5,6)7/h10,15-18,23-24,27-28H,11-14,19-21H2,1-9H3,(H,42,46)(H,43,47)(H,44,48)/t23-,24+,27-,28-,40?. The molecule has 3 N–H and O–H groups in total. The lowest BCUT2D eigenvalue weighted by Crippen LogP contribution is -2.48. The average molecular weight is 748 g/mol. The van der Waals surface area contributed by atoms with Crippen molar-refractivity contribution in [3.63, 3.8) is 0 Å². The van der Waals surface area contributed by atoms with Crippen molar-refractivity contribution >= 4 is 29.6 Å². The minimum atomic E-state index is -0.996. The van der Waals surface area contributed by atoms with Crippen molar-refractivity contribution in [3.8, 4) is 22.6 Å². The van der Waals surface area contributed by atoms with E-state index in [2.05, 4.69) is 34.4 Å². The molecule has 13 heteroatoms. The van der Waals surface area contributed by atoms with Crippen molar-refractivity contribution in [3.05, 3.63) is 63.2 Å². The molecule has 1 aromatic carbocycles.